The average Bonchev–Trinajstić information content (AvgIpc) is 3.15. The van der Waals surface area contributed by atoms with Crippen molar-refractivity contribution in [2.75, 3.05) is 32.6 Å². The van der Waals surface area contributed by atoms with Crippen molar-refractivity contribution in [3.63, 3.8) is 0 Å². The maximum atomic E-state index is 12.5. The van der Waals surface area contributed by atoms with Crippen LogP contribution in [0, 0.1) is 10.1 Å². The zero-order valence-electron chi connectivity index (χ0n) is 15.9. The maximum absolute atomic E-state index is 12.5. The fourth-order valence-corrected chi connectivity index (χ4v) is 3.55. The standard InChI is InChI=1S/C20H23N3O5/c1-27-16-8-9-19(28-2)17(12-16)18-7-4-10-22(18)13-20(24)21-14-5-3-6-15(11-14)23(25)26/h3,5-6,8-9,11-12,18H,4,7,10,13H2,1-2H3,(H,21,24)/t18-/m0/s1. The number of carbonyl (C=O) groups is 1. The number of anilines is 1. The molecule has 2 aromatic carbocycles. The summed E-state index contributed by atoms with van der Waals surface area (Å²) in [6, 6.07) is 11.6. The van der Waals surface area contributed by atoms with Gasteiger partial charge in [0.15, 0.2) is 0 Å². The molecule has 3 rings (SSSR count). The first-order valence-corrected chi connectivity index (χ1v) is 9.02. The van der Waals surface area contributed by atoms with E-state index in [4.69, 9.17) is 9.47 Å². The van der Waals surface area contributed by atoms with Crippen LogP contribution in [0.3, 0.4) is 0 Å². The monoisotopic (exact) mass is 385 g/mol. The van der Waals surface area contributed by atoms with Gasteiger partial charge in [0.25, 0.3) is 5.69 Å². The summed E-state index contributed by atoms with van der Waals surface area (Å²) >= 11 is 0. The predicted molar refractivity (Wildman–Crippen MR) is 105 cm³/mol. The number of carbonyl (C=O) groups excluding carboxylic acids is 1. The van der Waals surface area contributed by atoms with E-state index in [2.05, 4.69) is 10.2 Å². The quantitative estimate of drug-likeness (QED) is 0.580. The largest absolute Gasteiger partial charge is 0.497 e. The van der Waals surface area contributed by atoms with Gasteiger partial charge in [-0.25, -0.2) is 0 Å². The number of nitrogens with zero attached hydrogens (tertiary/aromatic N) is 2. The summed E-state index contributed by atoms with van der Waals surface area (Å²) < 4.78 is 10.8. The number of ether oxygens (including phenoxy) is 2. The van der Waals surface area contributed by atoms with Crippen LogP contribution in [0.25, 0.3) is 0 Å². The molecule has 0 aliphatic carbocycles. The molecule has 0 unspecified atom stereocenters. The number of rotatable bonds is 7. The fraction of sp³-hybridized carbons (Fsp3) is 0.350. The Labute approximate surface area is 163 Å². The first kappa shape index (κ1) is 19.6. The molecule has 1 fully saturated rings. The molecular formula is C20H23N3O5. The molecule has 8 nitrogen and oxygen atoms in total. The van der Waals surface area contributed by atoms with E-state index in [0.717, 1.165) is 36.4 Å². The van der Waals surface area contributed by atoms with Crippen molar-refractivity contribution in [3.8, 4) is 11.5 Å². The van der Waals surface area contributed by atoms with E-state index in [1.165, 1.54) is 12.1 Å². The second-order valence-corrected chi connectivity index (χ2v) is 6.59. The second-order valence-electron chi connectivity index (χ2n) is 6.59. The average molecular weight is 385 g/mol. The number of likely N-dealkylation sites (tertiary alicyclic amines) is 1. The van der Waals surface area contributed by atoms with Gasteiger partial charge >= 0.3 is 0 Å². The molecule has 1 saturated heterocycles. The van der Waals surface area contributed by atoms with E-state index < -0.39 is 4.92 Å². The third-order valence-corrected chi connectivity index (χ3v) is 4.85. The molecule has 2 aromatic rings. The Morgan fingerprint density at radius 1 is 1.25 bits per heavy atom. The second kappa shape index (κ2) is 8.71. The van der Waals surface area contributed by atoms with Crippen LogP contribution in [-0.4, -0.2) is 43.0 Å². The van der Waals surface area contributed by atoms with Crippen LogP contribution in [0.1, 0.15) is 24.4 Å². The lowest BCUT2D eigenvalue weighted by atomic mass is 10.0. The molecule has 1 aliphatic heterocycles. The van der Waals surface area contributed by atoms with Crippen LogP contribution in [0.4, 0.5) is 11.4 Å². The lowest BCUT2D eigenvalue weighted by molar-refractivity contribution is -0.384. The van der Waals surface area contributed by atoms with Crippen molar-refractivity contribution in [1.82, 2.24) is 4.90 Å². The summed E-state index contributed by atoms with van der Waals surface area (Å²) in [5.74, 6) is 1.29. The molecule has 0 spiro atoms. The van der Waals surface area contributed by atoms with Gasteiger partial charge in [0.05, 0.1) is 25.7 Å². The molecule has 148 valence electrons. The number of amides is 1. The molecule has 1 amide bonds. The Kier molecular flexibility index (Phi) is 6.10. The Bertz CT molecular complexity index is 871. The molecule has 8 heteroatoms. The van der Waals surface area contributed by atoms with E-state index in [1.54, 1.807) is 26.4 Å². The Morgan fingerprint density at radius 3 is 2.79 bits per heavy atom. The van der Waals surface area contributed by atoms with Crippen LogP contribution < -0.4 is 14.8 Å². The first-order valence-electron chi connectivity index (χ1n) is 9.02. The number of hydrogen-bond acceptors (Lipinski definition) is 6. The van der Waals surface area contributed by atoms with Gasteiger partial charge in [0.1, 0.15) is 11.5 Å². The highest BCUT2D eigenvalue weighted by Crippen LogP contribution is 2.38. The molecule has 28 heavy (non-hydrogen) atoms. The number of methoxy groups -OCH3 is 2. The number of hydrogen-bond donors (Lipinski definition) is 1. The normalized spacial score (nSPS) is 16.6. The summed E-state index contributed by atoms with van der Waals surface area (Å²) in [4.78, 5) is 25.0. The molecule has 0 bridgehead atoms. The van der Waals surface area contributed by atoms with Crippen LogP contribution >= 0.6 is 0 Å². The van der Waals surface area contributed by atoms with Crippen molar-refractivity contribution in [3.05, 3.63) is 58.1 Å². The van der Waals surface area contributed by atoms with Crippen molar-refractivity contribution >= 4 is 17.3 Å². The van der Waals surface area contributed by atoms with Gasteiger partial charge in [0.2, 0.25) is 5.91 Å². The minimum atomic E-state index is -0.485. The molecule has 1 atom stereocenters. The first-order chi connectivity index (χ1) is 13.5. The Balaban J connectivity index is 1.72. The number of nitro benzene ring substituents is 1. The molecule has 1 heterocycles. The molecular weight excluding hydrogens is 362 g/mol. The molecule has 0 aromatic heterocycles. The predicted octanol–water partition coefficient (Wildman–Crippen LogP) is 3.39. The van der Waals surface area contributed by atoms with Crippen molar-refractivity contribution in [1.29, 1.82) is 0 Å². The SMILES string of the molecule is COc1ccc(OC)c([C@@H]2CCCN2CC(=O)Nc2cccc([N+](=O)[O-])c2)c1. The van der Waals surface area contributed by atoms with Crippen molar-refractivity contribution < 1.29 is 19.2 Å². The zero-order valence-corrected chi connectivity index (χ0v) is 15.9. The maximum Gasteiger partial charge on any atom is 0.271 e. The minimum absolute atomic E-state index is 0.0425. The third-order valence-electron chi connectivity index (χ3n) is 4.85. The molecule has 1 aliphatic rings. The van der Waals surface area contributed by atoms with Crippen LogP contribution in [-0.2, 0) is 4.79 Å². The van der Waals surface area contributed by atoms with E-state index >= 15 is 0 Å². The van der Waals surface area contributed by atoms with Gasteiger partial charge in [-0.05, 0) is 43.7 Å². The number of non-ortho nitro benzene ring substituents is 1. The molecule has 1 N–H and O–H groups in total. The summed E-state index contributed by atoms with van der Waals surface area (Å²) in [5, 5.41) is 13.6. The van der Waals surface area contributed by atoms with Crippen LogP contribution in [0.5, 0.6) is 11.5 Å². The highest BCUT2D eigenvalue weighted by atomic mass is 16.6. The summed E-state index contributed by atoms with van der Waals surface area (Å²) in [6.07, 6.45) is 1.88. The highest BCUT2D eigenvalue weighted by Gasteiger charge is 2.30. The van der Waals surface area contributed by atoms with Gasteiger partial charge in [-0.2, -0.15) is 0 Å². The lowest BCUT2D eigenvalue weighted by Crippen LogP contribution is -2.33. The summed E-state index contributed by atoms with van der Waals surface area (Å²) in [5.41, 5.74) is 1.34. The van der Waals surface area contributed by atoms with Crippen molar-refractivity contribution in [2.45, 2.75) is 18.9 Å². The number of nitro groups is 1. The van der Waals surface area contributed by atoms with E-state index in [-0.39, 0.29) is 24.2 Å². The Morgan fingerprint density at radius 2 is 2.07 bits per heavy atom. The highest BCUT2D eigenvalue weighted by molar-refractivity contribution is 5.92. The third kappa shape index (κ3) is 4.40. The fourth-order valence-electron chi connectivity index (χ4n) is 3.55. The molecule has 0 saturated carbocycles. The van der Waals surface area contributed by atoms with Crippen LogP contribution in [0.15, 0.2) is 42.5 Å². The van der Waals surface area contributed by atoms with Gasteiger partial charge < -0.3 is 14.8 Å². The number of nitrogens with one attached hydrogen (secondary N) is 1. The van der Waals surface area contributed by atoms with Gasteiger partial charge in [-0.3, -0.25) is 19.8 Å². The lowest BCUT2D eigenvalue weighted by Gasteiger charge is -2.26. The Hall–Kier alpha value is -3.13. The molecule has 0 radical (unpaired) electrons. The van der Waals surface area contributed by atoms with Gasteiger partial charge in [-0.15, -0.1) is 0 Å². The van der Waals surface area contributed by atoms with Crippen LogP contribution in [0.2, 0.25) is 0 Å². The smallest absolute Gasteiger partial charge is 0.271 e. The van der Waals surface area contributed by atoms with Gasteiger partial charge in [0, 0.05) is 29.4 Å². The topological polar surface area (TPSA) is 93.9 Å². The van der Waals surface area contributed by atoms with E-state index in [9.17, 15) is 14.9 Å². The van der Waals surface area contributed by atoms with E-state index in [0.29, 0.717) is 5.69 Å². The van der Waals surface area contributed by atoms with E-state index in [1.807, 2.05) is 18.2 Å². The summed E-state index contributed by atoms with van der Waals surface area (Å²) in [6.45, 7) is 0.973. The minimum Gasteiger partial charge on any atom is -0.497 e. The number of benzene rings is 2. The van der Waals surface area contributed by atoms with Crippen molar-refractivity contribution in [2.24, 2.45) is 0 Å². The zero-order chi connectivity index (χ0) is 20.1. The van der Waals surface area contributed by atoms with Gasteiger partial charge in [-0.1, -0.05) is 6.07 Å². The summed E-state index contributed by atoms with van der Waals surface area (Å²) in [7, 11) is 3.24.